The molecule has 0 spiro atoms. The summed E-state index contributed by atoms with van der Waals surface area (Å²) >= 11 is 0. The van der Waals surface area contributed by atoms with Crippen molar-refractivity contribution in [1.82, 2.24) is 4.90 Å². The first kappa shape index (κ1) is 9.98. The molecule has 1 atom stereocenters. The van der Waals surface area contributed by atoms with Gasteiger partial charge in [-0.2, -0.15) is 0 Å². The molecule has 13 heavy (non-hydrogen) atoms. The lowest BCUT2D eigenvalue weighted by molar-refractivity contribution is -0.147. The van der Waals surface area contributed by atoms with Crippen LogP contribution >= 0.6 is 0 Å². The largest absolute Gasteiger partial charge is 0.480 e. The average molecular weight is 187 g/mol. The number of carbonyl (C=O) groups excluding carboxylic acids is 1. The molecule has 1 aliphatic heterocycles. The second-order valence-electron chi connectivity index (χ2n) is 3.09. The van der Waals surface area contributed by atoms with Crippen LogP contribution in [-0.4, -0.2) is 48.2 Å². The van der Waals surface area contributed by atoms with E-state index in [-0.39, 0.29) is 12.5 Å². The highest BCUT2D eigenvalue weighted by atomic mass is 16.5. The van der Waals surface area contributed by atoms with Crippen molar-refractivity contribution in [2.75, 3.05) is 20.2 Å². The molecule has 74 valence electrons. The Morgan fingerprint density at radius 3 is 2.77 bits per heavy atom. The van der Waals surface area contributed by atoms with Crippen LogP contribution in [0.5, 0.6) is 0 Å². The highest BCUT2D eigenvalue weighted by Gasteiger charge is 2.26. The van der Waals surface area contributed by atoms with Crippen molar-refractivity contribution in [2.24, 2.45) is 0 Å². The molecule has 0 saturated carbocycles. The number of hydrogen-bond donors (Lipinski definition) is 1. The lowest BCUT2D eigenvalue weighted by Gasteiger charge is -2.18. The van der Waals surface area contributed by atoms with Gasteiger partial charge < -0.3 is 14.7 Å². The molecule has 1 amide bonds. The first-order chi connectivity index (χ1) is 6.11. The molecule has 1 heterocycles. The van der Waals surface area contributed by atoms with E-state index in [0.29, 0.717) is 13.0 Å². The summed E-state index contributed by atoms with van der Waals surface area (Å²) in [6, 6.07) is 0. The molecule has 5 nitrogen and oxygen atoms in total. The highest BCUT2D eigenvalue weighted by Crippen LogP contribution is 2.13. The number of aliphatic carboxylic acids is 1. The summed E-state index contributed by atoms with van der Waals surface area (Å²) in [5.41, 5.74) is 0. The Morgan fingerprint density at radius 1 is 1.62 bits per heavy atom. The van der Waals surface area contributed by atoms with Gasteiger partial charge in [0.2, 0.25) is 0 Å². The zero-order valence-electron chi connectivity index (χ0n) is 7.52. The Bertz CT molecular complexity index is 210. The summed E-state index contributed by atoms with van der Waals surface area (Å²) < 4.78 is 5.13. The van der Waals surface area contributed by atoms with Gasteiger partial charge in [-0.15, -0.1) is 0 Å². The number of carboxylic acids is 1. The fourth-order valence-corrected chi connectivity index (χ4v) is 1.30. The second-order valence-corrected chi connectivity index (χ2v) is 3.09. The van der Waals surface area contributed by atoms with Crippen molar-refractivity contribution in [3.05, 3.63) is 0 Å². The number of amides is 1. The third-order valence-electron chi connectivity index (χ3n) is 1.95. The SMILES string of the molecule is CN(CC(=O)O)C(=O)[C@H]1CCCO1. The van der Waals surface area contributed by atoms with Crippen LogP contribution in [0.3, 0.4) is 0 Å². The van der Waals surface area contributed by atoms with Crippen LogP contribution in [0.2, 0.25) is 0 Å². The Hall–Kier alpha value is -1.10. The number of carbonyl (C=O) groups is 2. The molecule has 0 aromatic carbocycles. The fraction of sp³-hybridized carbons (Fsp3) is 0.750. The van der Waals surface area contributed by atoms with Gasteiger partial charge in [0.05, 0.1) is 0 Å². The van der Waals surface area contributed by atoms with E-state index < -0.39 is 12.1 Å². The van der Waals surface area contributed by atoms with Gasteiger partial charge in [0.15, 0.2) is 0 Å². The molecule has 0 unspecified atom stereocenters. The van der Waals surface area contributed by atoms with E-state index >= 15 is 0 Å². The van der Waals surface area contributed by atoms with Gasteiger partial charge in [0.1, 0.15) is 12.6 Å². The Morgan fingerprint density at radius 2 is 2.31 bits per heavy atom. The Kier molecular flexibility index (Phi) is 3.25. The smallest absolute Gasteiger partial charge is 0.323 e. The van der Waals surface area contributed by atoms with Crippen LogP contribution in [0, 0.1) is 0 Å². The van der Waals surface area contributed by atoms with Crippen LogP contribution in [0.1, 0.15) is 12.8 Å². The summed E-state index contributed by atoms with van der Waals surface area (Å²) in [7, 11) is 1.47. The predicted molar refractivity (Wildman–Crippen MR) is 44.2 cm³/mol. The number of rotatable bonds is 3. The van der Waals surface area contributed by atoms with Gasteiger partial charge in [-0.05, 0) is 12.8 Å². The molecule has 0 aromatic heterocycles. The van der Waals surface area contributed by atoms with E-state index in [1.54, 1.807) is 0 Å². The van der Waals surface area contributed by atoms with Crippen molar-refractivity contribution in [3.8, 4) is 0 Å². The van der Waals surface area contributed by atoms with Gasteiger partial charge in [-0.3, -0.25) is 9.59 Å². The van der Waals surface area contributed by atoms with E-state index in [1.807, 2.05) is 0 Å². The summed E-state index contributed by atoms with van der Waals surface area (Å²) in [6.07, 6.45) is 1.14. The minimum absolute atomic E-state index is 0.236. The summed E-state index contributed by atoms with van der Waals surface area (Å²) in [5.74, 6) is -1.24. The first-order valence-corrected chi connectivity index (χ1v) is 4.19. The van der Waals surface area contributed by atoms with Gasteiger partial charge in [0, 0.05) is 13.7 Å². The van der Waals surface area contributed by atoms with Crippen LogP contribution in [0.25, 0.3) is 0 Å². The van der Waals surface area contributed by atoms with Crippen LogP contribution in [0.15, 0.2) is 0 Å². The lowest BCUT2D eigenvalue weighted by atomic mass is 10.2. The maximum Gasteiger partial charge on any atom is 0.323 e. The third-order valence-corrected chi connectivity index (χ3v) is 1.95. The molecular weight excluding hydrogens is 174 g/mol. The fourth-order valence-electron chi connectivity index (χ4n) is 1.30. The Balaban J connectivity index is 2.41. The maximum atomic E-state index is 11.4. The van der Waals surface area contributed by atoms with E-state index in [1.165, 1.54) is 11.9 Å². The van der Waals surface area contributed by atoms with Gasteiger partial charge in [0.25, 0.3) is 5.91 Å². The summed E-state index contributed by atoms with van der Waals surface area (Å²) in [5, 5.41) is 8.44. The predicted octanol–water partition coefficient (Wildman–Crippen LogP) is -0.292. The number of nitrogens with zero attached hydrogens (tertiary/aromatic N) is 1. The van der Waals surface area contributed by atoms with Crippen LogP contribution in [-0.2, 0) is 14.3 Å². The average Bonchev–Trinajstić information content (AvgIpc) is 2.53. The molecular formula is C8H13NO4. The van der Waals surface area contributed by atoms with Crippen molar-refractivity contribution < 1.29 is 19.4 Å². The molecule has 0 radical (unpaired) electrons. The topological polar surface area (TPSA) is 66.8 Å². The molecule has 5 heteroatoms. The molecule has 1 N–H and O–H groups in total. The number of ether oxygens (including phenoxy) is 1. The molecule has 1 fully saturated rings. The Labute approximate surface area is 76.3 Å². The van der Waals surface area contributed by atoms with Crippen LogP contribution in [0.4, 0.5) is 0 Å². The van der Waals surface area contributed by atoms with Crippen molar-refractivity contribution in [1.29, 1.82) is 0 Å². The zero-order chi connectivity index (χ0) is 9.84. The third kappa shape index (κ3) is 2.69. The van der Waals surface area contributed by atoms with Crippen LogP contribution < -0.4 is 0 Å². The van der Waals surface area contributed by atoms with E-state index in [0.717, 1.165) is 6.42 Å². The molecule has 0 aromatic rings. The molecule has 1 saturated heterocycles. The summed E-state index contributed by atoms with van der Waals surface area (Å²) in [6.45, 7) is 0.329. The standard InChI is InChI=1S/C8H13NO4/c1-9(5-7(10)11)8(12)6-3-2-4-13-6/h6H,2-5H2,1H3,(H,10,11)/t6-/m1/s1. The second kappa shape index (κ2) is 4.23. The molecule has 0 aliphatic carbocycles. The summed E-state index contributed by atoms with van der Waals surface area (Å²) in [4.78, 5) is 22.9. The molecule has 1 aliphatic rings. The normalized spacial score (nSPS) is 21.5. The lowest BCUT2D eigenvalue weighted by Crippen LogP contribution is -2.39. The molecule has 0 bridgehead atoms. The van der Waals surface area contributed by atoms with Crippen molar-refractivity contribution in [3.63, 3.8) is 0 Å². The molecule has 1 rings (SSSR count). The quantitative estimate of drug-likeness (QED) is 0.659. The van der Waals surface area contributed by atoms with E-state index in [2.05, 4.69) is 0 Å². The van der Waals surface area contributed by atoms with E-state index in [9.17, 15) is 9.59 Å². The highest BCUT2D eigenvalue weighted by molar-refractivity contribution is 5.84. The number of hydrogen-bond acceptors (Lipinski definition) is 3. The minimum Gasteiger partial charge on any atom is -0.480 e. The number of carboxylic acid groups (broad SMARTS) is 1. The van der Waals surface area contributed by atoms with Gasteiger partial charge >= 0.3 is 5.97 Å². The van der Waals surface area contributed by atoms with Crippen molar-refractivity contribution >= 4 is 11.9 Å². The van der Waals surface area contributed by atoms with Crippen molar-refractivity contribution in [2.45, 2.75) is 18.9 Å². The van der Waals surface area contributed by atoms with Gasteiger partial charge in [-0.25, -0.2) is 0 Å². The number of likely N-dealkylation sites (N-methyl/N-ethyl adjacent to an activating group) is 1. The first-order valence-electron chi connectivity index (χ1n) is 4.19. The van der Waals surface area contributed by atoms with Gasteiger partial charge in [-0.1, -0.05) is 0 Å². The zero-order valence-corrected chi connectivity index (χ0v) is 7.52. The maximum absolute atomic E-state index is 11.4. The van der Waals surface area contributed by atoms with E-state index in [4.69, 9.17) is 9.84 Å². The monoisotopic (exact) mass is 187 g/mol. The minimum atomic E-state index is -1.01.